The van der Waals surface area contributed by atoms with Crippen LogP contribution >= 0.6 is 11.6 Å². The minimum Gasteiger partial charge on any atom is -0.426 e. The van der Waals surface area contributed by atoms with E-state index in [0.717, 1.165) is 29.8 Å². The summed E-state index contributed by atoms with van der Waals surface area (Å²) in [6.45, 7) is 4.13. The smallest absolute Gasteiger partial charge is 0.301 e. The number of anilines is 1. The van der Waals surface area contributed by atoms with Crippen LogP contribution < -0.4 is 9.64 Å². The zero-order valence-corrected chi connectivity index (χ0v) is 18.0. The predicted octanol–water partition coefficient (Wildman–Crippen LogP) is 5.47. The Kier molecular flexibility index (Phi) is 5.26. The van der Waals surface area contributed by atoms with E-state index in [1.54, 1.807) is 6.07 Å². The van der Waals surface area contributed by atoms with Gasteiger partial charge in [0.2, 0.25) is 0 Å². The molecular formula is C24H23ClN4O2. The molecule has 0 radical (unpaired) electrons. The molecule has 0 atom stereocenters. The van der Waals surface area contributed by atoms with Crippen molar-refractivity contribution < 1.29 is 9.84 Å². The van der Waals surface area contributed by atoms with E-state index in [2.05, 4.69) is 44.1 Å². The Morgan fingerprint density at radius 2 is 1.84 bits per heavy atom. The molecule has 31 heavy (non-hydrogen) atoms. The van der Waals surface area contributed by atoms with Crippen molar-refractivity contribution in [3.63, 3.8) is 0 Å². The van der Waals surface area contributed by atoms with E-state index >= 15 is 0 Å². The monoisotopic (exact) mass is 434 g/mol. The number of pyridine rings is 1. The minimum absolute atomic E-state index is 0.0414. The number of aryl methyl sites for hydroxylation is 1. The van der Waals surface area contributed by atoms with E-state index in [1.165, 1.54) is 18.5 Å². The van der Waals surface area contributed by atoms with Crippen LogP contribution in [0.2, 0.25) is 5.02 Å². The summed E-state index contributed by atoms with van der Waals surface area (Å²) < 4.78 is 5.85. The molecule has 1 fully saturated rings. The lowest BCUT2D eigenvalue weighted by Crippen LogP contribution is -2.17. The van der Waals surface area contributed by atoms with Gasteiger partial charge in [-0.2, -0.15) is 4.98 Å². The second kappa shape index (κ2) is 8.21. The average Bonchev–Trinajstić information content (AvgIpc) is 3.44. The molecule has 0 spiro atoms. The Bertz CT molecular complexity index is 1230. The molecule has 1 saturated heterocycles. The third kappa shape index (κ3) is 3.96. The summed E-state index contributed by atoms with van der Waals surface area (Å²) in [5.74, 6) is 0.595. The van der Waals surface area contributed by atoms with Crippen LogP contribution in [0.3, 0.4) is 0 Å². The zero-order valence-electron chi connectivity index (χ0n) is 17.2. The number of rotatable bonds is 5. The minimum atomic E-state index is -0.0414. The number of aromatic nitrogens is 3. The SMILES string of the molecule is Cc1ccc(Oc2nc3nc(-c4ccc(N5CCCC5)cc4)c(Cl)cc3[nH]2)cc1CO. The van der Waals surface area contributed by atoms with Crippen molar-refractivity contribution in [2.24, 2.45) is 0 Å². The average molecular weight is 435 g/mol. The van der Waals surface area contributed by atoms with Crippen molar-refractivity contribution in [1.29, 1.82) is 0 Å². The Balaban J connectivity index is 1.43. The van der Waals surface area contributed by atoms with Gasteiger partial charge < -0.3 is 19.7 Å². The molecule has 1 aliphatic rings. The summed E-state index contributed by atoms with van der Waals surface area (Å²) in [6.07, 6.45) is 2.50. The van der Waals surface area contributed by atoms with Gasteiger partial charge in [-0.25, -0.2) is 4.98 Å². The van der Waals surface area contributed by atoms with Crippen molar-refractivity contribution in [3.05, 3.63) is 64.7 Å². The van der Waals surface area contributed by atoms with Crippen molar-refractivity contribution in [3.8, 4) is 23.0 Å². The summed E-state index contributed by atoms with van der Waals surface area (Å²) in [6, 6.07) is 16.1. The van der Waals surface area contributed by atoms with Crippen LogP contribution in [0, 0.1) is 6.92 Å². The lowest BCUT2D eigenvalue weighted by molar-refractivity contribution is 0.280. The van der Waals surface area contributed by atoms with Crippen LogP contribution in [0.15, 0.2) is 48.5 Å². The topological polar surface area (TPSA) is 74.3 Å². The van der Waals surface area contributed by atoms with Crippen molar-refractivity contribution in [2.75, 3.05) is 18.0 Å². The van der Waals surface area contributed by atoms with Gasteiger partial charge in [0, 0.05) is 24.3 Å². The van der Waals surface area contributed by atoms with E-state index in [0.29, 0.717) is 33.6 Å². The molecule has 2 N–H and O–H groups in total. The van der Waals surface area contributed by atoms with Gasteiger partial charge in [0.05, 0.1) is 22.8 Å². The summed E-state index contributed by atoms with van der Waals surface area (Å²) in [5.41, 5.74) is 5.93. The number of benzene rings is 2. The number of fused-ring (bicyclic) bond motifs is 1. The fourth-order valence-corrected chi connectivity index (χ4v) is 4.21. The summed E-state index contributed by atoms with van der Waals surface area (Å²) >= 11 is 6.54. The number of aromatic amines is 1. The number of aliphatic hydroxyl groups is 1. The fourth-order valence-electron chi connectivity index (χ4n) is 3.95. The number of imidazole rings is 1. The number of aliphatic hydroxyl groups excluding tert-OH is 1. The van der Waals surface area contributed by atoms with E-state index in [-0.39, 0.29) is 6.61 Å². The van der Waals surface area contributed by atoms with Gasteiger partial charge in [0.15, 0.2) is 5.65 Å². The van der Waals surface area contributed by atoms with Gasteiger partial charge in [-0.05, 0) is 61.2 Å². The first-order chi connectivity index (χ1) is 15.1. The molecule has 1 aliphatic heterocycles. The van der Waals surface area contributed by atoms with Gasteiger partial charge in [-0.1, -0.05) is 29.8 Å². The lowest BCUT2D eigenvalue weighted by atomic mass is 10.1. The molecule has 0 bridgehead atoms. The lowest BCUT2D eigenvalue weighted by Gasteiger charge is -2.17. The molecule has 158 valence electrons. The second-order valence-electron chi connectivity index (χ2n) is 7.82. The Hall–Kier alpha value is -3.09. The molecular weight excluding hydrogens is 412 g/mol. The van der Waals surface area contributed by atoms with Crippen LogP contribution in [0.25, 0.3) is 22.4 Å². The molecule has 0 amide bonds. The highest BCUT2D eigenvalue weighted by atomic mass is 35.5. The Labute approximate surface area is 185 Å². The molecule has 6 nitrogen and oxygen atoms in total. The van der Waals surface area contributed by atoms with Gasteiger partial charge in [-0.15, -0.1) is 0 Å². The van der Waals surface area contributed by atoms with Crippen molar-refractivity contribution in [2.45, 2.75) is 26.4 Å². The van der Waals surface area contributed by atoms with Crippen molar-refractivity contribution >= 4 is 28.5 Å². The highest BCUT2D eigenvalue weighted by molar-refractivity contribution is 6.33. The number of ether oxygens (including phenoxy) is 1. The Morgan fingerprint density at radius 1 is 1.06 bits per heavy atom. The maximum absolute atomic E-state index is 9.46. The normalized spacial score (nSPS) is 13.8. The number of H-pyrrole nitrogens is 1. The molecule has 2 aromatic heterocycles. The molecule has 3 heterocycles. The van der Waals surface area contributed by atoms with E-state index < -0.39 is 0 Å². The predicted molar refractivity (Wildman–Crippen MR) is 123 cm³/mol. The third-order valence-electron chi connectivity index (χ3n) is 5.72. The van der Waals surface area contributed by atoms with Crippen LogP contribution in [0.1, 0.15) is 24.0 Å². The quantitative estimate of drug-likeness (QED) is 0.435. The van der Waals surface area contributed by atoms with Crippen LogP contribution in [-0.2, 0) is 6.61 Å². The molecule has 7 heteroatoms. The molecule has 0 unspecified atom stereocenters. The molecule has 4 aromatic rings. The van der Waals surface area contributed by atoms with Gasteiger partial charge in [0.1, 0.15) is 5.75 Å². The fraction of sp³-hybridized carbons (Fsp3) is 0.250. The highest BCUT2D eigenvalue weighted by Crippen LogP contribution is 2.32. The van der Waals surface area contributed by atoms with E-state index in [9.17, 15) is 5.11 Å². The van der Waals surface area contributed by atoms with Crippen LogP contribution in [0.5, 0.6) is 11.8 Å². The number of hydrogen-bond donors (Lipinski definition) is 2. The maximum Gasteiger partial charge on any atom is 0.301 e. The van der Waals surface area contributed by atoms with Gasteiger partial charge in [-0.3, -0.25) is 0 Å². The first-order valence-electron chi connectivity index (χ1n) is 10.4. The van der Waals surface area contributed by atoms with E-state index in [1.807, 2.05) is 25.1 Å². The second-order valence-corrected chi connectivity index (χ2v) is 8.23. The van der Waals surface area contributed by atoms with Crippen molar-refractivity contribution in [1.82, 2.24) is 15.0 Å². The largest absolute Gasteiger partial charge is 0.426 e. The summed E-state index contributed by atoms with van der Waals surface area (Å²) in [7, 11) is 0. The maximum atomic E-state index is 9.46. The number of nitrogens with one attached hydrogen (secondary N) is 1. The molecule has 5 rings (SSSR count). The first-order valence-corrected chi connectivity index (χ1v) is 10.8. The number of hydrogen-bond acceptors (Lipinski definition) is 5. The first kappa shape index (κ1) is 19.8. The molecule has 0 aliphatic carbocycles. The van der Waals surface area contributed by atoms with Gasteiger partial charge in [0.25, 0.3) is 0 Å². The summed E-state index contributed by atoms with van der Waals surface area (Å²) in [4.78, 5) is 14.7. The highest BCUT2D eigenvalue weighted by Gasteiger charge is 2.15. The molecule has 2 aromatic carbocycles. The van der Waals surface area contributed by atoms with Gasteiger partial charge >= 0.3 is 6.01 Å². The third-order valence-corrected chi connectivity index (χ3v) is 6.01. The number of nitrogens with zero attached hydrogens (tertiary/aromatic N) is 3. The molecule has 0 saturated carbocycles. The van der Waals surface area contributed by atoms with Crippen LogP contribution in [-0.4, -0.2) is 33.1 Å². The van der Waals surface area contributed by atoms with Crippen LogP contribution in [0.4, 0.5) is 5.69 Å². The van der Waals surface area contributed by atoms with E-state index in [4.69, 9.17) is 16.3 Å². The standard InChI is InChI=1S/C24H23ClN4O2/c1-15-4-9-19(12-17(15)14-30)31-24-26-21-13-20(25)22(27-23(21)28-24)16-5-7-18(8-6-16)29-10-2-3-11-29/h4-9,12-13,30H,2-3,10-11,14H2,1H3,(H,26,27,28). The zero-order chi connectivity index (χ0) is 21.4. The summed E-state index contributed by atoms with van der Waals surface area (Å²) in [5, 5.41) is 10.0. The number of halogens is 1. The Morgan fingerprint density at radius 3 is 2.58 bits per heavy atom.